The molecule has 1 atom stereocenters. The van der Waals surface area contributed by atoms with Gasteiger partial charge in [-0.1, -0.05) is 43.0 Å². The summed E-state index contributed by atoms with van der Waals surface area (Å²) < 4.78 is 0. The highest BCUT2D eigenvalue weighted by atomic mass is 35.5. The van der Waals surface area contributed by atoms with Gasteiger partial charge in [-0.05, 0) is 30.5 Å². The lowest BCUT2D eigenvalue weighted by atomic mass is 9.72. The van der Waals surface area contributed by atoms with Crippen molar-refractivity contribution < 1.29 is 19.8 Å². The Morgan fingerprint density at radius 3 is 2.27 bits per heavy atom. The van der Waals surface area contributed by atoms with E-state index in [9.17, 15) is 19.8 Å². The second kappa shape index (κ2) is 7.84. The van der Waals surface area contributed by atoms with Gasteiger partial charge < -0.3 is 24.8 Å². The predicted molar refractivity (Wildman–Crippen MR) is 95.8 cm³/mol. The molecular weight excluding hydrogens is 356 g/mol. The summed E-state index contributed by atoms with van der Waals surface area (Å²) in [5, 5.41) is 22.8. The van der Waals surface area contributed by atoms with Crippen molar-refractivity contribution in [2.24, 2.45) is 0 Å². The molecule has 2 fully saturated rings. The maximum Gasteiger partial charge on any atom is 0.233 e. The van der Waals surface area contributed by atoms with Crippen LogP contribution in [0.5, 0.6) is 0 Å². The Hall–Kier alpha value is -1.79. The molecule has 1 aromatic carbocycles. The van der Waals surface area contributed by atoms with Crippen molar-refractivity contribution in [1.82, 2.24) is 9.80 Å². The van der Waals surface area contributed by atoms with Gasteiger partial charge in [0.15, 0.2) is 0 Å². The first-order chi connectivity index (χ1) is 12.4. The molecule has 1 heterocycles. The number of rotatable bonds is 3. The quantitative estimate of drug-likeness (QED) is 0.864. The largest absolute Gasteiger partial charge is 0.530 e. The predicted octanol–water partition coefficient (Wildman–Crippen LogP) is 1.61. The Morgan fingerprint density at radius 1 is 1.08 bits per heavy atom. The Morgan fingerprint density at radius 2 is 1.69 bits per heavy atom. The zero-order valence-corrected chi connectivity index (χ0v) is 15.5. The Kier molecular flexibility index (Phi) is 5.73. The summed E-state index contributed by atoms with van der Waals surface area (Å²) in [6.07, 6.45) is 2.78. The zero-order chi connectivity index (χ0) is 18.7. The molecule has 7 heteroatoms. The molecule has 0 spiro atoms. The van der Waals surface area contributed by atoms with Crippen molar-refractivity contribution in [1.29, 1.82) is 0 Å². The fourth-order valence-electron chi connectivity index (χ4n) is 4.11. The van der Waals surface area contributed by atoms with Gasteiger partial charge in [-0.15, -0.1) is 0 Å². The number of nitrogens with zero attached hydrogens (tertiary/aromatic N) is 2. The lowest BCUT2D eigenvalue weighted by molar-refractivity contribution is -0.266. The average molecular weight is 380 g/mol. The molecule has 0 aromatic heterocycles. The molecule has 1 aliphatic heterocycles. The van der Waals surface area contributed by atoms with E-state index in [0.717, 1.165) is 19.3 Å². The molecule has 2 aliphatic rings. The number of hydrogen-bond donors (Lipinski definition) is 1. The lowest BCUT2D eigenvalue weighted by Crippen LogP contribution is -2.56. The van der Waals surface area contributed by atoms with Crippen LogP contribution in [0.15, 0.2) is 24.3 Å². The van der Waals surface area contributed by atoms with Gasteiger partial charge in [-0.2, -0.15) is 0 Å². The SMILES string of the molecule is O=C([O-])N1CCN(C(=O)C(c2cccc(Cl)c2)C2(O)CCCCC2)CC1. The number of hydrogen-bond acceptors (Lipinski definition) is 4. The smallest absolute Gasteiger partial charge is 0.233 e. The van der Waals surface area contributed by atoms with E-state index in [4.69, 9.17) is 11.6 Å². The van der Waals surface area contributed by atoms with Crippen LogP contribution >= 0.6 is 11.6 Å². The molecule has 1 saturated heterocycles. The van der Waals surface area contributed by atoms with Crippen LogP contribution in [0.4, 0.5) is 4.79 Å². The molecule has 1 aliphatic carbocycles. The van der Waals surface area contributed by atoms with Crippen LogP contribution in [-0.2, 0) is 4.79 Å². The van der Waals surface area contributed by atoms with Crippen molar-refractivity contribution in [2.45, 2.75) is 43.6 Å². The van der Waals surface area contributed by atoms with Crippen molar-refractivity contribution in [3.63, 3.8) is 0 Å². The van der Waals surface area contributed by atoms with Gasteiger partial charge in [0.2, 0.25) is 5.91 Å². The van der Waals surface area contributed by atoms with E-state index < -0.39 is 17.6 Å². The first-order valence-corrected chi connectivity index (χ1v) is 9.51. The summed E-state index contributed by atoms with van der Waals surface area (Å²) in [5.74, 6) is -0.842. The Bertz CT molecular complexity index is 667. The molecular formula is C19H24ClN2O4-. The molecule has 1 unspecified atom stereocenters. The molecule has 1 aromatic rings. The maximum atomic E-state index is 13.3. The first kappa shape index (κ1) is 19.0. The summed E-state index contributed by atoms with van der Waals surface area (Å²) in [6.45, 7) is 1.07. The number of benzene rings is 1. The minimum atomic E-state index is -1.21. The zero-order valence-electron chi connectivity index (χ0n) is 14.7. The van der Waals surface area contributed by atoms with E-state index in [1.807, 2.05) is 6.07 Å². The van der Waals surface area contributed by atoms with Crippen LogP contribution in [0.3, 0.4) is 0 Å². The highest BCUT2D eigenvalue weighted by Gasteiger charge is 2.45. The van der Waals surface area contributed by atoms with Crippen LogP contribution in [-0.4, -0.2) is 58.7 Å². The summed E-state index contributed by atoms with van der Waals surface area (Å²) in [5.41, 5.74) is -0.375. The molecule has 0 bridgehead atoms. The van der Waals surface area contributed by atoms with E-state index in [0.29, 0.717) is 36.5 Å². The van der Waals surface area contributed by atoms with Crippen molar-refractivity contribution in [3.8, 4) is 0 Å². The minimum Gasteiger partial charge on any atom is -0.530 e. The van der Waals surface area contributed by atoms with E-state index in [-0.39, 0.29) is 19.0 Å². The van der Waals surface area contributed by atoms with Crippen LogP contribution in [0.25, 0.3) is 0 Å². The van der Waals surface area contributed by atoms with Gasteiger partial charge in [-0.3, -0.25) is 4.79 Å². The highest BCUT2D eigenvalue weighted by molar-refractivity contribution is 6.30. The lowest BCUT2D eigenvalue weighted by Gasteiger charge is -2.43. The number of aliphatic hydroxyl groups is 1. The molecule has 1 N–H and O–H groups in total. The molecule has 3 rings (SSSR count). The molecule has 0 radical (unpaired) electrons. The summed E-state index contributed by atoms with van der Waals surface area (Å²) in [6, 6.07) is 7.11. The number of carbonyl (C=O) groups excluding carboxylic acids is 2. The van der Waals surface area contributed by atoms with Crippen LogP contribution in [0.2, 0.25) is 5.02 Å². The van der Waals surface area contributed by atoms with Crippen LogP contribution in [0.1, 0.15) is 43.6 Å². The second-order valence-corrected chi connectivity index (χ2v) is 7.67. The number of carboxylic acid groups (broad SMARTS) is 1. The Labute approximate surface area is 158 Å². The van der Waals surface area contributed by atoms with Gasteiger partial charge in [0.05, 0.1) is 11.5 Å². The van der Waals surface area contributed by atoms with E-state index in [2.05, 4.69) is 0 Å². The normalized spacial score (nSPS) is 21.3. The number of halogens is 1. The Balaban J connectivity index is 1.86. The third kappa shape index (κ3) is 3.96. The van der Waals surface area contributed by atoms with Crippen molar-refractivity contribution in [3.05, 3.63) is 34.9 Å². The van der Waals surface area contributed by atoms with E-state index in [1.54, 1.807) is 23.1 Å². The average Bonchev–Trinajstić information content (AvgIpc) is 2.62. The fourth-order valence-corrected chi connectivity index (χ4v) is 4.31. The van der Waals surface area contributed by atoms with Crippen molar-refractivity contribution in [2.75, 3.05) is 26.2 Å². The summed E-state index contributed by atoms with van der Waals surface area (Å²) in [7, 11) is 0. The summed E-state index contributed by atoms with van der Waals surface area (Å²) >= 11 is 6.13. The van der Waals surface area contributed by atoms with Gasteiger partial charge in [0.1, 0.15) is 6.09 Å². The topological polar surface area (TPSA) is 83.9 Å². The van der Waals surface area contributed by atoms with E-state index >= 15 is 0 Å². The van der Waals surface area contributed by atoms with Gasteiger partial charge in [-0.25, -0.2) is 0 Å². The highest BCUT2D eigenvalue weighted by Crippen LogP contribution is 2.41. The first-order valence-electron chi connectivity index (χ1n) is 9.13. The molecule has 6 nitrogen and oxygen atoms in total. The summed E-state index contributed by atoms with van der Waals surface area (Å²) in [4.78, 5) is 27.2. The van der Waals surface area contributed by atoms with Crippen LogP contribution in [0, 0.1) is 0 Å². The minimum absolute atomic E-state index is 0.158. The number of piperazine rings is 1. The van der Waals surface area contributed by atoms with Crippen LogP contribution < -0.4 is 5.11 Å². The molecule has 1 saturated carbocycles. The van der Waals surface area contributed by atoms with Gasteiger partial charge >= 0.3 is 0 Å². The molecule has 2 amide bonds. The van der Waals surface area contributed by atoms with Gasteiger partial charge in [0, 0.05) is 31.2 Å². The van der Waals surface area contributed by atoms with Crippen molar-refractivity contribution >= 4 is 23.6 Å². The number of carbonyl (C=O) groups is 2. The molecule has 142 valence electrons. The van der Waals surface area contributed by atoms with E-state index in [1.165, 1.54) is 4.90 Å². The fraction of sp³-hybridized carbons (Fsp3) is 0.579. The monoisotopic (exact) mass is 379 g/mol. The maximum absolute atomic E-state index is 13.3. The van der Waals surface area contributed by atoms with Gasteiger partial charge in [0.25, 0.3) is 0 Å². The third-order valence-corrected chi connectivity index (χ3v) is 5.77. The number of amides is 2. The second-order valence-electron chi connectivity index (χ2n) is 7.23. The molecule has 26 heavy (non-hydrogen) atoms. The third-order valence-electron chi connectivity index (χ3n) is 5.54. The standard InChI is InChI=1S/C19H25ClN2O4/c20-15-6-4-5-14(13-15)16(19(26)7-2-1-3-8-19)17(23)21-9-11-22(12-10-21)18(24)25/h4-6,13,16,26H,1-3,7-12H2,(H,24,25)/p-1.